The molecule has 14 heteroatoms. The number of aromatic nitrogens is 3. The number of aryl methyl sites for hydroxylation is 1. The van der Waals surface area contributed by atoms with E-state index in [9.17, 15) is 27.6 Å². The van der Waals surface area contributed by atoms with Gasteiger partial charge in [0.05, 0.1) is 22.3 Å². The van der Waals surface area contributed by atoms with Crippen LogP contribution in [0.4, 0.5) is 29.3 Å². The summed E-state index contributed by atoms with van der Waals surface area (Å²) in [6.45, 7) is 3.16. The topological polar surface area (TPSA) is 167 Å². The molecule has 0 spiro atoms. The Bertz CT molecular complexity index is 1720. The van der Waals surface area contributed by atoms with Crippen LogP contribution in [0, 0.1) is 5.41 Å². The molecule has 11 nitrogen and oxygen atoms in total. The SMILES string of the molecule is CCc1nc(-c2ccc(N(C(C)=N)C(=O)NC)cc2)nc2cc(C(F)(F)F)nc(C(=O)Nc3cccc(C(N)=O)c3)c12. The molecule has 0 aliphatic heterocycles. The number of urea groups is 1. The summed E-state index contributed by atoms with van der Waals surface area (Å²) in [7, 11) is 1.43. The van der Waals surface area contributed by atoms with Gasteiger partial charge in [-0.2, -0.15) is 13.2 Å². The van der Waals surface area contributed by atoms with E-state index in [1.165, 1.54) is 38.2 Å². The number of amidine groups is 1. The maximum atomic E-state index is 13.9. The molecule has 4 amide bonds. The van der Waals surface area contributed by atoms with Crippen LogP contribution < -0.4 is 21.3 Å². The van der Waals surface area contributed by atoms with Crippen molar-refractivity contribution in [2.45, 2.75) is 26.4 Å². The number of benzene rings is 2. The monoisotopic (exact) mass is 578 g/mol. The quantitative estimate of drug-likeness (QED) is 0.190. The number of primary amides is 1. The van der Waals surface area contributed by atoms with Gasteiger partial charge in [-0.3, -0.25) is 19.9 Å². The molecule has 0 aliphatic rings. The minimum atomic E-state index is -4.89. The van der Waals surface area contributed by atoms with Crippen molar-refractivity contribution in [2.75, 3.05) is 17.3 Å². The molecule has 4 aromatic rings. The molecule has 216 valence electrons. The van der Waals surface area contributed by atoms with Gasteiger partial charge in [0.15, 0.2) is 5.82 Å². The van der Waals surface area contributed by atoms with Gasteiger partial charge in [0, 0.05) is 23.9 Å². The third kappa shape index (κ3) is 6.01. The minimum absolute atomic E-state index is 0.0309. The highest BCUT2D eigenvalue weighted by Crippen LogP contribution is 2.33. The van der Waals surface area contributed by atoms with E-state index in [0.29, 0.717) is 11.3 Å². The van der Waals surface area contributed by atoms with Crippen LogP contribution in [0.3, 0.4) is 0 Å². The van der Waals surface area contributed by atoms with Crippen LogP contribution in [0.15, 0.2) is 54.6 Å². The third-order valence-corrected chi connectivity index (χ3v) is 6.14. The van der Waals surface area contributed by atoms with Crippen molar-refractivity contribution in [1.29, 1.82) is 5.41 Å². The van der Waals surface area contributed by atoms with Crippen molar-refractivity contribution >= 4 is 46.0 Å². The van der Waals surface area contributed by atoms with Gasteiger partial charge in [-0.15, -0.1) is 0 Å². The molecule has 0 saturated carbocycles. The van der Waals surface area contributed by atoms with E-state index in [4.69, 9.17) is 11.1 Å². The van der Waals surface area contributed by atoms with Crippen LogP contribution in [0.5, 0.6) is 0 Å². The molecular weight excluding hydrogens is 553 g/mol. The first kappa shape index (κ1) is 29.6. The lowest BCUT2D eigenvalue weighted by Gasteiger charge is -2.21. The molecule has 0 atom stereocenters. The van der Waals surface area contributed by atoms with E-state index in [1.54, 1.807) is 31.2 Å². The van der Waals surface area contributed by atoms with Crippen molar-refractivity contribution in [3.8, 4) is 11.4 Å². The van der Waals surface area contributed by atoms with Crippen molar-refractivity contribution in [1.82, 2.24) is 20.3 Å². The van der Waals surface area contributed by atoms with Crippen LogP contribution in [0.1, 0.15) is 46.1 Å². The molecule has 2 heterocycles. The Balaban J connectivity index is 1.84. The third-order valence-electron chi connectivity index (χ3n) is 6.14. The summed E-state index contributed by atoms with van der Waals surface area (Å²) in [4.78, 5) is 50.6. The number of anilines is 2. The van der Waals surface area contributed by atoms with E-state index < -0.39 is 35.4 Å². The van der Waals surface area contributed by atoms with Gasteiger partial charge in [0.2, 0.25) is 5.91 Å². The van der Waals surface area contributed by atoms with Crippen LogP contribution in [-0.4, -0.2) is 45.7 Å². The van der Waals surface area contributed by atoms with Gasteiger partial charge in [-0.1, -0.05) is 13.0 Å². The molecular formula is C28H25F3N8O3. The molecule has 0 unspecified atom stereocenters. The first-order chi connectivity index (χ1) is 19.8. The van der Waals surface area contributed by atoms with Gasteiger partial charge in [-0.05, 0) is 61.9 Å². The Morgan fingerprint density at radius 2 is 1.71 bits per heavy atom. The zero-order valence-electron chi connectivity index (χ0n) is 22.6. The molecule has 4 rings (SSSR count). The molecule has 2 aromatic heterocycles. The van der Waals surface area contributed by atoms with Gasteiger partial charge >= 0.3 is 12.2 Å². The van der Waals surface area contributed by atoms with Crippen LogP contribution >= 0.6 is 0 Å². The number of carbonyl (C=O) groups is 3. The van der Waals surface area contributed by atoms with E-state index in [0.717, 1.165) is 11.0 Å². The molecule has 0 bridgehead atoms. The maximum Gasteiger partial charge on any atom is 0.433 e. The summed E-state index contributed by atoms with van der Waals surface area (Å²) < 4.78 is 41.6. The number of hydrogen-bond acceptors (Lipinski definition) is 7. The summed E-state index contributed by atoms with van der Waals surface area (Å²) in [5, 5.41) is 12.9. The Morgan fingerprint density at radius 1 is 1.02 bits per heavy atom. The zero-order valence-corrected chi connectivity index (χ0v) is 22.6. The molecule has 5 N–H and O–H groups in total. The summed E-state index contributed by atoms with van der Waals surface area (Å²) in [5.41, 5.74) is 4.58. The normalized spacial score (nSPS) is 11.2. The highest BCUT2D eigenvalue weighted by atomic mass is 19.4. The van der Waals surface area contributed by atoms with E-state index in [2.05, 4.69) is 25.6 Å². The van der Waals surface area contributed by atoms with Crippen molar-refractivity contribution in [3.63, 3.8) is 0 Å². The highest BCUT2D eigenvalue weighted by Gasteiger charge is 2.35. The first-order valence-corrected chi connectivity index (χ1v) is 12.5. The molecule has 0 fully saturated rings. The Kier molecular flexibility index (Phi) is 8.17. The number of amides is 4. The Morgan fingerprint density at radius 3 is 2.29 bits per heavy atom. The molecule has 2 aromatic carbocycles. The molecule has 0 aliphatic carbocycles. The van der Waals surface area contributed by atoms with Gasteiger partial charge in [-0.25, -0.2) is 19.7 Å². The van der Waals surface area contributed by atoms with Crippen LogP contribution in [0.2, 0.25) is 0 Å². The fraction of sp³-hybridized carbons (Fsp3) is 0.179. The average Bonchev–Trinajstić information content (AvgIpc) is 2.95. The second kappa shape index (κ2) is 11.6. The first-order valence-electron chi connectivity index (χ1n) is 12.5. The number of nitrogens with one attached hydrogen (secondary N) is 3. The van der Waals surface area contributed by atoms with E-state index in [-0.39, 0.29) is 45.9 Å². The van der Waals surface area contributed by atoms with Gasteiger partial charge < -0.3 is 16.4 Å². The molecule has 0 radical (unpaired) electrons. The number of rotatable bonds is 6. The highest BCUT2D eigenvalue weighted by molar-refractivity contribution is 6.14. The van der Waals surface area contributed by atoms with Crippen molar-refractivity contribution < 1.29 is 27.6 Å². The number of fused-ring (bicyclic) bond motifs is 1. The second-order valence-corrected chi connectivity index (χ2v) is 9.02. The number of halogens is 3. The fourth-order valence-electron chi connectivity index (χ4n) is 4.20. The standard InChI is InChI=1S/C28H25F3N8O3/c1-4-19-22-20(37-25(36-19)15-8-10-18(11-9-15)39(14(2)32)27(42)34-3)13-21(28(29,30)31)38-23(22)26(41)35-17-7-5-6-16(12-17)24(33)40/h5-13,32H,4H2,1-3H3,(H2,33,40)(H,34,42)(H,35,41). The maximum absolute atomic E-state index is 13.9. The predicted octanol–water partition coefficient (Wildman–Crippen LogP) is 4.77. The minimum Gasteiger partial charge on any atom is -0.366 e. The number of pyridine rings is 1. The lowest BCUT2D eigenvalue weighted by atomic mass is 10.1. The zero-order chi connectivity index (χ0) is 30.8. The van der Waals surface area contributed by atoms with E-state index in [1.807, 2.05) is 0 Å². The number of alkyl halides is 3. The molecule has 42 heavy (non-hydrogen) atoms. The Labute approximate surface area is 237 Å². The summed E-state index contributed by atoms with van der Waals surface area (Å²) >= 11 is 0. The Hall–Kier alpha value is -5.40. The summed E-state index contributed by atoms with van der Waals surface area (Å²) in [5.74, 6) is -1.65. The number of nitrogens with two attached hydrogens (primary N) is 1. The number of nitrogens with zero attached hydrogens (tertiary/aromatic N) is 4. The van der Waals surface area contributed by atoms with Crippen LogP contribution in [0.25, 0.3) is 22.3 Å². The largest absolute Gasteiger partial charge is 0.433 e. The second-order valence-electron chi connectivity index (χ2n) is 9.02. The number of carbonyl (C=O) groups excluding carboxylic acids is 3. The summed E-state index contributed by atoms with van der Waals surface area (Å²) in [6.07, 6.45) is -4.66. The van der Waals surface area contributed by atoms with Gasteiger partial charge in [0.25, 0.3) is 5.91 Å². The average molecular weight is 579 g/mol. The predicted molar refractivity (Wildman–Crippen MR) is 150 cm³/mol. The smallest absolute Gasteiger partial charge is 0.366 e. The molecule has 0 saturated heterocycles. The van der Waals surface area contributed by atoms with Crippen molar-refractivity contribution in [2.24, 2.45) is 5.73 Å². The lowest BCUT2D eigenvalue weighted by molar-refractivity contribution is -0.141. The van der Waals surface area contributed by atoms with Crippen LogP contribution in [-0.2, 0) is 12.6 Å². The fourth-order valence-corrected chi connectivity index (χ4v) is 4.20. The number of hydrogen-bond donors (Lipinski definition) is 4. The van der Waals surface area contributed by atoms with Crippen molar-refractivity contribution in [3.05, 3.63) is 77.2 Å². The lowest BCUT2D eigenvalue weighted by Crippen LogP contribution is -2.41. The van der Waals surface area contributed by atoms with E-state index >= 15 is 0 Å². The van der Waals surface area contributed by atoms with Gasteiger partial charge in [0.1, 0.15) is 17.2 Å². The summed E-state index contributed by atoms with van der Waals surface area (Å²) in [6, 6.07) is 12.1.